The van der Waals surface area contributed by atoms with E-state index in [0.29, 0.717) is 96.3 Å². The van der Waals surface area contributed by atoms with Gasteiger partial charge in [0.05, 0.1) is 34.8 Å². The van der Waals surface area contributed by atoms with Gasteiger partial charge in [-0.15, -0.1) is 0 Å². The molecule has 16 nitrogen and oxygen atoms in total. The number of benzene rings is 1. The van der Waals surface area contributed by atoms with Gasteiger partial charge >= 0.3 is 0 Å². The van der Waals surface area contributed by atoms with Gasteiger partial charge in [0.15, 0.2) is 5.82 Å². The van der Waals surface area contributed by atoms with Crippen molar-refractivity contribution in [2.24, 2.45) is 11.8 Å². The molecule has 7 fully saturated rings. The lowest BCUT2D eigenvalue weighted by molar-refractivity contribution is -0.140. The number of imide groups is 1. The first-order chi connectivity index (χ1) is 34.0. The van der Waals surface area contributed by atoms with E-state index in [1.165, 1.54) is 19.3 Å². The highest BCUT2D eigenvalue weighted by Crippen LogP contribution is 2.52. The summed E-state index contributed by atoms with van der Waals surface area (Å²) in [6.45, 7) is 10.1. The number of hydrogen-bond acceptors (Lipinski definition) is 11. The molecule has 9 heterocycles. The Morgan fingerprint density at radius 1 is 0.786 bits per heavy atom. The first-order valence-corrected chi connectivity index (χ1v) is 26.5. The number of anilines is 3. The summed E-state index contributed by atoms with van der Waals surface area (Å²) in [4.78, 5) is 93.1. The summed E-state index contributed by atoms with van der Waals surface area (Å²) in [6.07, 6.45) is 15.7. The SMILES string of the molecule is CC(C)n1cnc2cc(-c3ccc4c(c3)N(C3CC(N5CCCCC5)C3)C(=O)C43CCN(C(=O)[C@@H]4CCN(C(=O)C5CCN(c6ccc([C@H]7CCC(=O)NC7=O)cn6)CC5)C4)CC3)nc(NC3CC3)c21. The van der Waals surface area contributed by atoms with Crippen LogP contribution in [0, 0.1) is 11.8 Å². The van der Waals surface area contributed by atoms with Gasteiger partial charge in [-0.2, -0.15) is 0 Å². The van der Waals surface area contributed by atoms with Crippen LogP contribution in [0.1, 0.15) is 127 Å². The van der Waals surface area contributed by atoms with Gasteiger partial charge in [0.1, 0.15) is 11.3 Å². The van der Waals surface area contributed by atoms with Crippen molar-refractivity contribution >= 4 is 57.9 Å². The van der Waals surface area contributed by atoms with Crippen LogP contribution in [0.3, 0.4) is 0 Å². The van der Waals surface area contributed by atoms with Crippen LogP contribution in [-0.2, 0) is 29.4 Å². The van der Waals surface area contributed by atoms with Crippen molar-refractivity contribution in [2.75, 3.05) is 67.5 Å². The second-order valence-corrected chi connectivity index (χ2v) is 22.1. The minimum absolute atomic E-state index is 0.102. The molecule has 1 spiro atoms. The Bertz CT molecular complexity index is 2700. The Kier molecular flexibility index (Phi) is 11.7. The monoisotopic (exact) mass is 950 g/mol. The van der Waals surface area contributed by atoms with Crippen molar-refractivity contribution < 1.29 is 24.0 Å². The van der Waals surface area contributed by atoms with Gasteiger partial charge < -0.3 is 34.4 Å². The number of rotatable bonds is 10. The average molecular weight is 950 g/mol. The minimum atomic E-state index is -0.690. The quantitative estimate of drug-likeness (QED) is 0.175. The highest BCUT2D eigenvalue weighted by atomic mass is 16.2. The summed E-state index contributed by atoms with van der Waals surface area (Å²) in [5.41, 5.74) is 5.98. The fourth-order valence-electron chi connectivity index (χ4n) is 13.0. The smallest absolute Gasteiger partial charge is 0.238 e. The van der Waals surface area contributed by atoms with Crippen molar-refractivity contribution in [2.45, 2.75) is 139 Å². The van der Waals surface area contributed by atoms with Crippen LogP contribution >= 0.6 is 0 Å². The maximum atomic E-state index is 15.2. The number of nitrogens with zero attached hydrogens (tertiary/aromatic N) is 9. The zero-order chi connectivity index (χ0) is 47.8. The lowest BCUT2D eigenvalue weighted by atomic mass is 9.73. The van der Waals surface area contributed by atoms with Crippen LogP contribution in [0.25, 0.3) is 22.3 Å². The molecule has 0 bridgehead atoms. The predicted molar refractivity (Wildman–Crippen MR) is 266 cm³/mol. The van der Waals surface area contributed by atoms with E-state index in [4.69, 9.17) is 9.97 Å². The molecule has 2 saturated carbocycles. The van der Waals surface area contributed by atoms with Crippen molar-refractivity contribution in [1.29, 1.82) is 0 Å². The molecule has 8 aliphatic rings. The van der Waals surface area contributed by atoms with Gasteiger partial charge in [-0.3, -0.25) is 29.3 Å². The van der Waals surface area contributed by atoms with Crippen molar-refractivity contribution in [3.8, 4) is 11.3 Å². The number of pyridine rings is 2. The molecule has 368 valence electrons. The average Bonchev–Trinajstić information content (AvgIpc) is 3.75. The molecule has 0 radical (unpaired) electrons. The van der Waals surface area contributed by atoms with Crippen LogP contribution in [0.2, 0.25) is 0 Å². The molecule has 2 N–H and O–H groups in total. The summed E-state index contributed by atoms with van der Waals surface area (Å²) >= 11 is 0. The maximum Gasteiger partial charge on any atom is 0.238 e. The standard InChI is InChI=1S/C54H67N11O5/c1-33(2)64-32-56-44-29-43(58-49(48(44)64)57-38-8-9-38)35-6-11-42-45(26-35)65(40-27-39(28-40)60-19-4-3-5-20-60)53(70)54(42)17-24-62(25-18-54)52(69)37-16-23-63(31-37)51(68)34-14-21-61(22-15-34)46-12-7-36(30-55-46)41-10-13-47(66)59-50(41)67/h6-7,11-12,26,29-30,32-34,37-41H,3-5,8-10,13-25,27-28,31H2,1-2H3,(H,57,58)(H,59,66,67)/t37-,39?,40?,41-/m1/s1. The Hall–Kier alpha value is -5.90. The first kappa shape index (κ1) is 45.3. The topological polar surface area (TPSA) is 169 Å². The zero-order valence-corrected chi connectivity index (χ0v) is 40.8. The van der Waals surface area contributed by atoms with Gasteiger partial charge in [-0.25, -0.2) is 15.0 Å². The van der Waals surface area contributed by atoms with Gasteiger partial charge in [0.2, 0.25) is 29.5 Å². The number of piperidine rings is 4. The number of amides is 5. The Balaban J connectivity index is 0.712. The van der Waals surface area contributed by atoms with Crippen LogP contribution < -0.4 is 20.4 Å². The number of aromatic nitrogens is 4. The van der Waals surface area contributed by atoms with Crippen LogP contribution in [0.4, 0.5) is 17.3 Å². The normalized spacial score (nSPS) is 26.3. The highest BCUT2D eigenvalue weighted by molar-refractivity contribution is 6.09. The summed E-state index contributed by atoms with van der Waals surface area (Å²) in [7, 11) is 0. The van der Waals surface area contributed by atoms with E-state index >= 15 is 4.79 Å². The predicted octanol–water partition coefficient (Wildman–Crippen LogP) is 6.16. The molecule has 1 aromatic carbocycles. The molecule has 16 heteroatoms. The number of hydrogen-bond donors (Lipinski definition) is 2. The minimum Gasteiger partial charge on any atom is -0.366 e. The third-order valence-corrected chi connectivity index (χ3v) is 17.4. The van der Waals surface area contributed by atoms with E-state index in [0.717, 1.165) is 89.5 Å². The van der Waals surface area contributed by atoms with Crippen LogP contribution in [-0.4, -0.2) is 134 Å². The number of carbonyl (C=O) groups excluding carboxylic acids is 5. The fourth-order valence-corrected chi connectivity index (χ4v) is 13.0. The second kappa shape index (κ2) is 18.1. The molecule has 5 saturated heterocycles. The Labute approximate surface area is 409 Å². The Morgan fingerprint density at radius 2 is 1.54 bits per heavy atom. The van der Waals surface area contributed by atoms with Gasteiger partial charge in [0, 0.05) is 93.2 Å². The van der Waals surface area contributed by atoms with Crippen molar-refractivity contribution in [1.82, 2.24) is 39.5 Å². The van der Waals surface area contributed by atoms with Crippen LogP contribution in [0.5, 0.6) is 0 Å². The van der Waals surface area contributed by atoms with E-state index in [2.05, 4.69) is 73.0 Å². The third-order valence-electron chi connectivity index (χ3n) is 17.4. The lowest BCUT2D eigenvalue weighted by Crippen LogP contribution is -2.58. The molecule has 70 heavy (non-hydrogen) atoms. The maximum absolute atomic E-state index is 15.2. The molecular weight excluding hydrogens is 883 g/mol. The summed E-state index contributed by atoms with van der Waals surface area (Å²) in [5, 5.41) is 6.13. The molecule has 2 atom stereocenters. The largest absolute Gasteiger partial charge is 0.366 e. The van der Waals surface area contributed by atoms with E-state index in [1.54, 1.807) is 6.20 Å². The van der Waals surface area contributed by atoms with Gasteiger partial charge in [0.25, 0.3) is 0 Å². The van der Waals surface area contributed by atoms with E-state index in [-0.39, 0.29) is 59.4 Å². The number of fused-ring (bicyclic) bond motifs is 3. The zero-order valence-electron chi connectivity index (χ0n) is 40.8. The number of likely N-dealkylation sites (tertiary alicyclic amines) is 3. The number of nitrogens with one attached hydrogen (secondary N) is 2. The van der Waals surface area contributed by atoms with Crippen molar-refractivity contribution in [3.05, 3.63) is 60.0 Å². The molecule has 12 rings (SSSR count). The molecule has 2 aliphatic carbocycles. The fraction of sp³-hybridized carbons (Fsp3) is 0.593. The molecule has 5 amide bonds. The molecule has 4 aromatic rings. The van der Waals surface area contributed by atoms with E-state index in [1.807, 2.05) is 28.3 Å². The van der Waals surface area contributed by atoms with Gasteiger partial charge in [-0.1, -0.05) is 24.6 Å². The summed E-state index contributed by atoms with van der Waals surface area (Å²) in [5.74, 6) is 0.894. The molecule has 0 unspecified atom stereocenters. The van der Waals surface area contributed by atoms with E-state index < -0.39 is 5.41 Å². The lowest BCUT2D eigenvalue weighted by Gasteiger charge is -2.48. The van der Waals surface area contributed by atoms with E-state index in [9.17, 15) is 19.2 Å². The number of imidazole rings is 1. The van der Waals surface area contributed by atoms with Gasteiger partial charge in [-0.05, 0) is 133 Å². The Morgan fingerprint density at radius 3 is 2.26 bits per heavy atom. The molecule has 3 aromatic heterocycles. The number of carbonyl (C=O) groups is 5. The van der Waals surface area contributed by atoms with Crippen LogP contribution in [0.15, 0.2) is 48.9 Å². The second-order valence-electron chi connectivity index (χ2n) is 22.1. The molecule has 6 aliphatic heterocycles. The molecular formula is C54H67N11O5. The summed E-state index contributed by atoms with van der Waals surface area (Å²) in [6, 6.07) is 13.8. The van der Waals surface area contributed by atoms with Crippen molar-refractivity contribution in [3.63, 3.8) is 0 Å². The first-order valence-electron chi connectivity index (χ1n) is 26.5. The third kappa shape index (κ3) is 8.11. The summed E-state index contributed by atoms with van der Waals surface area (Å²) < 4.78 is 2.19. The highest BCUT2D eigenvalue weighted by Gasteiger charge is 2.56.